The highest BCUT2D eigenvalue weighted by molar-refractivity contribution is 5.88. The van der Waals surface area contributed by atoms with Gasteiger partial charge in [0.05, 0.1) is 6.42 Å². The van der Waals surface area contributed by atoms with Crippen molar-refractivity contribution in [3.8, 4) is 11.5 Å². The summed E-state index contributed by atoms with van der Waals surface area (Å²) in [6.07, 6.45) is 0.142. The highest BCUT2D eigenvalue weighted by Crippen LogP contribution is 2.22. The van der Waals surface area contributed by atoms with E-state index in [1.165, 1.54) is 6.92 Å². The molecule has 1 heterocycles. The van der Waals surface area contributed by atoms with Gasteiger partial charge in [-0.25, -0.2) is 4.98 Å². The van der Waals surface area contributed by atoms with Crippen LogP contribution in [0.3, 0.4) is 0 Å². The summed E-state index contributed by atoms with van der Waals surface area (Å²) in [4.78, 5) is 27.5. The van der Waals surface area contributed by atoms with Crippen molar-refractivity contribution in [1.82, 2.24) is 4.98 Å². The third kappa shape index (κ3) is 5.04. The summed E-state index contributed by atoms with van der Waals surface area (Å²) in [6.45, 7) is 3.30. The average Bonchev–Trinajstić information content (AvgIpc) is 3.03. The van der Waals surface area contributed by atoms with Gasteiger partial charge in [-0.1, -0.05) is 30.3 Å². The number of oxazole rings is 1. The molecular weight excluding hydrogens is 344 g/mol. The number of carbonyl (C=O) groups is 2. The Balaban J connectivity index is 1.56. The van der Waals surface area contributed by atoms with E-state index in [2.05, 4.69) is 10.3 Å². The topological polar surface area (TPSA) is 81.4 Å². The maximum atomic E-state index is 12.1. The molecule has 0 saturated heterocycles. The molecule has 0 saturated carbocycles. The zero-order chi connectivity index (χ0) is 19.2. The molecule has 0 aliphatic rings. The fraction of sp³-hybridized carbons (Fsp3) is 0.190. The Morgan fingerprint density at radius 2 is 1.78 bits per heavy atom. The smallest absolute Gasteiger partial charge is 0.310 e. The van der Waals surface area contributed by atoms with Gasteiger partial charge in [0.1, 0.15) is 18.1 Å². The molecule has 1 amide bonds. The van der Waals surface area contributed by atoms with Crippen molar-refractivity contribution < 1.29 is 18.7 Å². The number of aryl methyl sites for hydroxylation is 1. The van der Waals surface area contributed by atoms with Gasteiger partial charge in [-0.2, -0.15) is 0 Å². The molecule has 27 heavy (non-hydrogen) atoms. The second-order valence-corrected chi connectivity index (χ2v) is 6.10. The number of amides is 1. The highest BCUT2D eigenvalue weighted by atomic mass is 16.5. The number of aromatic nitrogens is 1. The van der Waals surface area contributed by atoms with Crippen LogP contribution in [0.5, 0.6) is 0 Å². The predicted molar refractivity (Wildman–Crippen MR) is 101 cm³/mol. The Morgan fingerprint density at radius 1 is 1.07 bits per heavy atom. The molecule has 0 spiro atoms. The number of rotatable bonds is 6. The van der Waals surface area contributed by atoms with E-state index in [1.54, 1.807) is 31.2 Å². The summed E-state index contributed by atoms with van der Waals surface area (Å²) in [5.41, 5.74) is 2.96. The van der Waals surface area contributed by atoms with Crippen LogP contribution in [0.25, 0.3) is 11.5 Å². The Hall–Kier alpha value is -3.41. The number of nitrogens with one attached hydrogen (secondary N) is 1. The first-order chi connectivity index (χ1) is 13.0. The van der Waals surface area contributed by atoms with Crippen LogP contribution in [0.2, 0.25) is 0 Å². The van der Waals surface area contributed by atoms with E-state index >= 15 is 0 Å². The van der Waals surface area contributed by atoms with Crippen molar-refractivity contribution in [3.63, 3.8) is 0 Å². The van der Waals surface area contributed by atoms with Crippen molar-refractivity contribution in [2.45, 2.75) is 26.9 Å². The lowest BCUT2D eigenvalue weighted by Crippen LogP contribution is -2.09. The third-order valence-electron chi connectivity index (χ3n) is 3.91. The van der Waals surface area contributed by atoms with Crippen molar-refractivity contribution in [2.75, 3.05) is 5.32 Å². The summed E-state index contributed by atoms with van der Waals surface area (Å²) in [5, 5.41) is 2.68. The number of anilines is 1. The van der Waals surface area contributed by atoms with Crippen LogP contribution in [-0.4, -0.2) is 16.9 Å². The zero-order valence-electron chi connectivity index (χ0n) is 15.2. The highest BCUT2D eigenvalue weighted by Gasteiger charge is 2.13. The van der Waals surface area contributed by atoms with Crippen molar-refractivity contribution in [1.29, 1.82) is 0 Å². The van der Waals surface area contributed by atoms with Gasteiger partial charge >= 0.3 is 5.97 Å². The monoisotopic (exact) mass is 364 g/mol. The lowest BCUT2D eigenvalue weighted by atomic mass is 10.1. The molecule has 6 heteroatoms. The van der Waals surface area contributed by atoms with Gasteiger partial charge < -0.3 is 14.5 Å². The van der Waals surface area contributed by atoms with E-state index in [0.717, 1.165) is 11.1 Å². The van der Waals surface area contributed by atoms with E-state index in [0.29, 0.717) is 23.0 Å². The predicted octanol–water partition coefficient (Wildman–Crippen LogP) is 3.89. The molecule has 1 N–H and O–H groups in total. The van der Waals surface area contributed by atoms with Gasteiger partial charge in [0.25, 0.3) is 0 Å². The van der Waals surface area contributed by atoms with E-state index in [-0.39, 0.29) is 24.9 Å². The van der Waals surface area contributed by atoms with Crippen LogP contribution in [0.1, 0.15) is 23.9 Å². The number of benzene rings is 2. The molecular formula is C21H20N2O4. The van der Waals surface area contributed by atoms with Crippen LogP contribution in [0, 0.1) is 6.92 Å². The number of hydrogen-bond donors (Lipinski definition) is 1. The molecule has 0 atom stereocenters. The number of esters is 1. The molecule has 2 aromatic carbocycles. The van der Waals surface area contributed by atoms with Gasteiger partial charge in [0, 0.05) is 18.2 Å². The van der Waals surface area contributed by atoms with Crippen molar-refractivity contribution >= 4 is 17.6 Å². The Morgan fingerprint density at radius 3 is 2.44 bits per heavy atom. The van der Waals surface area contributed by atoms with Gasteiger partial charge in [-0.15, -0.1) is 0 Å². The minimum Gasteiger partial charge on any atom is -0.459 e. The van der Waals surface area contributed by atoms with E-state index in [1.807, 2.05) is 30.3 Å². The largest absolute Gasteiger partial charge is 0.459 e. The van der Waals surface area contributed by atoms with Crippen LogP contribution in [-0.2, 0) is 27.4 Å². The maximum absolute atomic E-state index is 12.1. The molecule has 1 aromatic heterocycles. The standard InChI is InChI=1S/C21H20N2O4/c1-14-19(23-21(27-14)17-6-4-3-5-7-17)13-26-20(25)12-16-8-10-18(11-9-16)22-15(2)24/h3-11H,12-13H2,1-2H3,(H,22,24). The first kappa shape index (κ1) is 18.4. The molecule has 0 aliphatic carbocycles. The van der Waals surface area contributed by atoms with E-state index < -0.39 is 0 Å². The first-order valence-electron chi connectivity index (χ1n) is 8.55. The maximum Gasteiger partial charge on any atom is 0.310 e. The third-order valence-corrected chi connectivity index (χ3v) is 3.91. The molecule has 138 valence electrons. The number of nitrogens with zero attached hydrogens (tertiary/aromatic N) is 1. The summed E-state index contributed by atoms with van der Waals surface area (Å²) >= 11 is 0. The Labute approximate surface area is 157 Å². The van der Waals surface area contributed by atoms with E-state index in [4.69, 9.17) is 9.15 Å². The SMILES string of the molecule is CC(=O)Nc1ccc(CC(=O)OCc2nc(-c3ccccc3)oc2C)cc1. The molecule has 0 aliphatic heterocycles. The van der Waals surface area contributed by atoms with Crippen LogP contribution in [0.15, 0.2) is 59.0 Å². The van der Waals surface area contributed by atoms with Crippen LogP contribution < -0.4 is 5.32 Å². The second kappa shape index (κ2) is 8.31. The van der Waals surface area contributed by atoms with Gasteiger partial charge in [0.2, 0.25) is 11.8 Å². The zero-order valence-corrected chi connectivity index (χ0v) is 15.2. The second-order valence-electron chi connectivity index (χ2n) is 6.10. The molecule has 3 rings (SSSR count). The summed E-state index contributed by atoms with van der Waals surface area (Å²) in [5.74, 6) is 0.639. The number of carbonyl (C=O) groups excluding carboxylic acids is 2. The summed E-state index contributed by atoms with van der Waals surface area (Å²) < 4.78 is 11.0. The molecule has 6 nitrogen and oxygen atoms in total. The fourth-order valence-electron chi connectivity index (χ4n) is 2.54. The lowest BCUT2D eigenvalue weighted by molar-refractivity contribution is -0.144. The van der Waals surface area contributed by atoms with E-state index in [9.17, 15) is 9.59 Å². The number of hydrogen-bond acceptors (Lipinski definition) is 5. The van der Waals surface area contributed by atoms with Crippen molar-refractivity contribution in [3.05, 3.63) is 71.6 Å². The molecule has 3 aromatic rings. The van der Waals surface area contributed by atoms with Gasteiger partial charge in [-0.3, -0.25) is 9.59 Å². The Bertz CT molecular complexity index is 931. The summed E-state index contributed by atoms with van der Waals surface area (Å²) in [7, 11) is 0. The van der Waals surface area contributed by atoms with Crippen LogP contribution >= 0.6 is 0 Å². The quantitative estimate of drug-likeness (QED) is 0.671. The normalized spacial score (nSPS) is 10.4. The fourth-order valence-corrected chi connectivity index (χ4v) is 2.54. The van der Waals surface area contributed by atoms with Gasteiger partial charge in [-0.05, 0) is 36.8 Å². The Kier molecular flexibility index (Phi) is 5.66. The van der Waals surface area contributed by atoms with Crippen LogP contribution in [0.4, 0.5) is 5.69 Å². The minimum atomic E-state index is -0.356. The molecule has 0 fully saturated rings. The molecule has 0 radical (unpaired) electrons. The number of ether oxygens (including phenoxy) is 1. The first-order valence-corrected chi connectivity index (χ1v) is 8.55. The lowest BCUT2D eigenvalue weighted by Gasteiger charge is -2.05. The minimum absolute atomic E-state index is 0.0605. The molecule has 0 unspecified atom stereocenters. The molecule has 0 bridgehead atoms. The van der Waals surface area contributed by atoms with Gasteiger partial charge in [0.15, 0.2) is 0 Å². The summed E-state index contributed by atoms with van der Waals surface area (Å²) in [6, 6.07) is 16.6. The van der Waals surface area contributed by atoms with Crippen molar-refractivity contribution in [2.24, 2.45) is 0 Å². The average molecular weight is 364 g/mol.